The first-order valence-corrected chi connectivity index (χ1v) is 4.93. The van der Waals surface area contributed by atoms with Gasteiger partial charge in [-0.05, 0) is 12.8 Å². The van der Waals surface area contributed by atoms with E-state index >= 15 is 0 Å². The van der Waals surface area contributed by atoms with Crippen molar-refractivity contribution in [2.45, 2.75) is 26.7 Å². The molecule has 86 valence electrons. The second-order valence-electron chi connectivity index (χ2n) is 3.34. The molecule has 0 radical (unpaired) electrons. The Kier molecular flexibility index (Phi) is 7.32. The average Bonchev–Trinajstić information content (AvgIpc) is 2.17. The van der Waals surface area contributed by atoms with Crippen LogP contribution in [0.25, 0.3) is 0 Å². The molecule has 0 aliphatic carbocycles. The molecule has 0 spiro atoms. The van der Waals surface area contributed by atoms with Crippen LogP contribution in [0.3, 0.4) is 0 Å². The van der Waals surface area contributed by atoms with Crippen molar-refractivity contribution >= 4 is 11.9 Å². The van der Waals surface area contributed by atoms with Gasteiger partial charge in [0, 0.05) is 12.8 Å². The normalized spacial score (nSPS) is 12.5. The van der Waals surface area contributed by atoms with Gasteiger partial charge in [-0.1, -0.05) is 19.1 Å². The van der Waals surface area contributed by atoms with Gasteiger partial charge in [-0.2, -0.15) is 0 Å². The zero-order valence-corrected chi connectivity index (χ0v) is 9.49. The average molecular weight is 214 g/mol. The lowest BCUT2D eigenvalue weighted by Gasteiger charge is -2.08. The standard InChI is InChI=1S/C11H18O4/c1-4-5-6-15-11(13)8-9(2)7-10(12)14-3/h4-5,9H,6-8H2,1-3H3. The zero-order chi connectivity index (χ0) is 11.7. The van der Waals surface area contributed by atoms with Gasteiger partial charge in [0.25, 0.3) is 0 Å². The number of hydrogen-bond acceptors (Lipinski definition) is 4. The Hall–Kier alpha value is -1.32. The Morgan fingerprint density at radius 1 is 1.27 bits per heavy atom. The second-order valence-corrected chi connectivity index (χ2v) is 3.34. The molecule has 1 unspecified atom stereocenters. The molecule has 0 fully saturated rings. The largest absolute Gasteiger partial charge is 0.469 e. The molecule has 0 aromatic rings. The molecule has 0 heterocycles. The van der Waals surface area contributed by atoms with E-state index in [0.29, 0.717) is 6.61 Å². The number of ether oxygens (including phenoxy) is 2. The van der Waals surface area contributed by atoms with Crippen LogP contribution < -0.4 is 0 Å². The molecule has 0 aliphatic heterocycles. The van der Waals surface area contributed by atoms with Gasteiger partial charge >= 0.3 is 11.9 Å². The fourth-order valence-electron chi connectivity index (χ4n) is 1.02. The van der Waals surface area contributed by atoms with Crippen LogP contribution >= 0.6 is 0 Å². The van der Waals surface area contributed by atoms with Crippen molar-refractivity contribution in [1.29, 1.82) is 0 Å². The molecule has 0 saturated carbocycles. The summed E-state index contributed by atoms with van der Waals surface area (Å²) in [5.74, 6) is -0.635. The summed E-state index contributed by atoms with van der Waals surface area (Å²) in [7, 11) is 1.33. The Morgan fingerprint density at radius 2 is 1.87 bits per heavy atom. The summed E-state index contributed by atoms with van der Waals surface area (Å²) in [5.41, 5.74) is 0. The maximum absolute atomic E-state index is 11.2. The topological polar surface area (TPSA) is 52.6 Å². The number of allylic oxidation sites excluding steroid dienone is 1. The van der Waals surface area contributed by atoms with Gasteiger partial charge in [-0.25, -0.2) is 0 Å². The van der Waals surface area contributed by atoms with Crippen molar-refractivity contribution in [3.05, 3.63) is 12.2 Å². The van der Waals surface area contributed by atoms with Crippen LogP contribution in [0.4, 0.5) is 0 Å². The highest BCUT2D eigenvalue weighted by atomic mass is 16.5. The van der Waals surface area contributed by atoms with Crippen LogP contribution in [0.15, 0.2) is 12.2 Å². The highest BCUT2D eigenvalue weighted by Gasteiger charge is 2.13. The predicted octanol–water partition coefficient (Wildman–Crippen LogP) is 1.70. The van der Waals surface area contributed by atoms with Crippen molar-refractivity contribution in [1.82, 2.24) is 0 Å². The fourth-order valence-corrected chi connectivity index (χ4v) is 1.02. The molecule has 1 atom stereocenters. The number of esters is 2. The van der Waals surface area contributed by atoms with E-state index in [0.717, 1.165) is 0 Å². The van der Waals surface area contributed by atoms with Crippen molar-refractivity contribution in [3.63, 3.8) is 0 Å². The molecular formula is C11H18O4. The first kappa shape index (κ1) is 13.7. The van der Waals surface area contributed by atoms with E-state index in [1.54, 1.807) is 6.08 Å². The van der Waals surface area contributed by atoms with Gasteiger partial charge in [-0.3, -0.25) is 9.59 Å². The van der Waals surface area contributed by atoms with E-state index in [1.807, 2.05) is 19.9 Å². The van der Waals surface area contributed by atoms with Crippen LogP contribution in [-0.4, -0.2) is 25.7 Å². The van der Waals surface area contributed by atoms with E-state index in [1.165, 1.54) is 7.11 Å². The maximum atomic E-state index is 11.2. The molecule has 0 aliphatic rings. The van der Waals surface area contributed by atoms with Crippen molar-refractivity contribution in [2.24, 2.45) is 5.92 Å². The van der Waals surface area contributed by atoms with Crippen molar-refractivity contribution < 1.29 is 19.1 Å². The lowest BCUT2D eigenvalue weighted by Crippen LogP contribution is -2.13. The highest BCUT2D eigenvalue weighted by Crippen LogP contribution is 2.09. The van der Waals surface area contributed by atoms with Crippen LogP contribution in [0.5, 0.6) is 0 Å². The summed E-state index contributed by atoms with van der Waals surface area (Å²) in [6, 6.07) is 0. The lowest BCUT2D eigenvalue weighted by atomic mass is 10.0. The Labute approximate surface area is 90.2 Å². The smallest absolute Gasteiger partial charge is 0.306 e. The Morgan fingerprint density at radius 3 is 2.40 bits per heavy atom. The second kappa shape index (κ2) is 8.03. The fraction of sp³-hybridized carbons (Fsp3) is 0.636. The molecule has 0 aromatic heterocycles. The molecule has 0 saturated heterocycles. The number of rotatable bonds is 6. The van der Waals surface area contributed by atoms with Gasteiger partial charge in [0.1, 0.15) is 6.61 Å². The quantitative estimate of drug-likeness (QED) is 0.498. The van der Waals surface area contributed by atoms with Gasteiger partial charge in [0.15, 0.2) is 0 Å². The van der Waals surface area contributed by atoms with Crippen LogP contribution in [0, 0.1) is 5.92 Å². The summed E-state index contributed by atoms with van der Waals surface area (Å²) >= 11 is 0. The number of hydrogen-bond donors (Lipinski definition) is 0. The molecule has 0 amide bonds. The summed E-state index contributed by atoms with van der Waals surface area (Å²) in [6.07, 6.45) is 4.05. The van der Waals surface area contributed by atoms with Gasteiger partial charge in [-0.15, -0.1) is 0 Å². The molecule has 0 rings (SSSR count). The number of carbonyl (C=O) groups is 2. The highest BCUT2D eigenvalue weighted by molar-refractivity contribution is 5.73. The minimum absolute atomic E-state index is 0.0458. The summed E-state index contributed by atoms with van der Waals surface area (Å²) in [4.78, 5) is 22.1. The van der Waals surface area contributed by atoms with E-state index in [9.17, 15) is 9.59 Å². The zero-order valence-electron chi connectivity index (χ0n) is 9.49. The van der Waals surface area contributed by atoms with Gasteiger partial charge in [0.05, 0.1) is 7.11 Å². The number of methoxy groups -OCH3 is 1. The first-order chi connectivity index (χ1) is 7.10. The molecule has 15 heavy (non-hydrogen) atoms. The van der Waals surface area contributed by atoms with E-state index < -0.39 is 0 Å². The van der Waals surface area contributed by atoms with Crippen LogP contribution in [0.2, 0.25) is 0 Å². The molecule has 4 nitrogen and oxygen atoms in total. The van der Waals surface area contributed by atoms with Gasteiger partial charge in [0.2, 0.25) is 0 Å². The van der Waals surface area contributed by atoms with Crippen LogP contribution in [-0.2, 0) is 19.1 Å². The number of carbonyl (C=O) groups excluding carboxylic acids is 2. The Balaban J connectivity index is 3.71. The van der Waals surface area contributed by atoms with E-state index in [2.05, 4.69) is 4.74 Å². The molecule has 0 N–H and O–H groups in total. The maximum Gasteiger partial charge on any atom is 0.306 e. The molecule has 4 heteroatoms. The van der Waals surface area contributed by atoms with Crippen molar-refractivity contribution in [3.8, 4) is 0 Å². The first-order valence-electron chi connectivity index (χ1n) is 4.93. The molecular weight excluding hydrogens is 196 g/mol. The summed E-state index contributed by atoms with van der Waals surface area (Å²) < 4.78 is 9.39. The van der Waals surface area contributed by atoms with Gasteiger partial charge < -0.3 is 9.47 Å². The predicted molar refractivity (Wildman–Crippen MR) is 56.2 cm³/mol. The molecule has 0 bridgehead atoms. The Bertz CT molecular complexity index is 233. The minimum Gasteiger partial charge on any atom is -0.469 e. The third-order valence-corrected chi connectivity index (χ3v) is 1.83. The summed E-state index contributed by atoms with van der Waals surface area (Å²) in [6.45, 7) is 3.96. The van der Waals surface area contributed by atoms with E-state index in [4.69, 9.17) is 4.74 Å². The SMILES string of the molecule is CC=CCOC(=O)CC(C)CC(=O)OC. The minimum atomic E-state index is -0.302. The van der Waals surface area contributed by atoms with Crippen molar-refractivity contribution in [2.75, 3.05) is 13.7 Å². The summed E-state index contributed by atoms with van der Waals surface area (Å²) in [5, 5.41) is 0. The third kappa shape index (κ3) is 7.73. The van der Waals surface area contributed by atoms with Crippen LogP contribution in [0.1, 0.15) is 26.7 Å². The molecule has 0 aromatic carbocycles. The lowest BCUT2D eigenvalue weighted by molar-refractivity contribution is -0.145. The monoisotopic (exact) mass is 214 g/mol. The van der Waals surface area contributed by atoms with E-state index in [-0.39, 0.29) is 30.7 Å². The third-order valence-electron chi connectivity index (χ3n) is 1.83.